The molecule has 3 rings (SSSR count). The van der Waals surface area contributed by atoms with Gasteiger partial charge in [0, 0.05) is 37.0 Å². The Kier molecular flexibility index (Phi) is 5.61. The number of nitrogens with zero attached hydrogens (tertiary/aromatic N) is 1. The number of benzene rings is 1. The predicted molar refractivity (Wildman–Crippen MR) is 102 cm³/mol. The Balaban J connectivity index is 1.82. The fraction of sp³-hybridized carbons (Fsp3) is 0.421. The van der Waals surface area contributed by atoms with E-state index in [-0.39, 0.29) is 29.0 Å². The first kappa shape index (κ1) is 18.5. The molecule has 1 aliphatic rings. The third-order valence-electron chi connectivity index (χ3n) is 4.70. The van der Waals surface area contributed by atoms with E-state index in [1.165, 1.54) is 6.07 Å². The second-order valence-corrected chi connectivity index (χ2v) is 7.00. The lowest BCUT2D eigenvalue weighted by Gasteiger charge is -2.20. The van der Waals surface area contributed by atoms with Crippen LogP contribution in [0.3, 0.4) is 0 Å². The summed E-state index contributed by atoms with van der Waals surface area (Å²) >= 11 is 6.25. The van der Waals surface area contributed by atoms with E-state index < -0.39 is 0 Å². The zero-order valence-electron chi connectivity index (χ0n) is 14.7. The highest BCUT2D eigenvalue weighted by atomic mass is 35.5. The number of halogens is 1. The molecule has 0 bridgehead atoms. The van der Waals surface area contributed by atoms with Crippen LogP contribution in [0.4, 0.5) is 0 Å². The molecule has 26 heavy (non-hydrogen) atoms. The highest BCUT2D eigenvalue weighted by molar-refractivity contribution is 6.36. The smallest absolute Gasteiger partial charge is 0.252 e. The van der Waals surface area contributed by atoms with Gasteiger partial charge in [-0.15, -0.1) is 0 Å². The summed E-state index contributed by atoms with van der Waals surface area (Å²) in [4.78, 5) is 41.4. The largest absolute Gasteiger partial charge is 0.349 e. The lowest BCUT2D eigenvalue weighted by molar-refractivity contribution is -0.130. The van der Waals surface area contributed by atoms with Crippen molar-refractivity contribution in [1.29, 1.82) is 0 Å². The quantitative estimate of drug-likeness (QED) is 0.861. The summed E-state index contributed by atoms with van der Waals surface area (Å²) in [5.74, 6) is -0.205. The average Bonchev–Trinajstić information content (AvgIpc) is 2.77. The molecule has 1 fully saturated rings. The predicted octanol–water partition coefficient (Wildman–Crippen LogP) is 2.70. The molecule has 1 aromatic heterocycles. The monoisotopic (exact) mass is 375 g/mol. The summed E-state index contributed by atoms with van der Waals surface area (Å²) < 4.78 is 0. The number of pyridine rings is 1. The van der Waals surface area contributed by atoms with Crippen LogP contribution in [0.1, 0.15) is 43.0 Å². The van der Waals surface area contributed by atoms with E-state index in [2.05, 4.69) is 10.3 Å². The molecule has 0 saturated carbocycles. The summed E-state index contributed by atoms with van der Waals surface area (Å²) in [6, 6.07) is 6.29. The van der Waals surface area contributed by atoms with Crippen molar-refractivity contribution < 1.29 is 9.59 Å². The Labute approximate surface area is 156 Å². The van der Waals surface area contributed by atoms with Gasteiger partial charge in [0.15, 0.2) is 0 Å². The van der Waals surface area contributed by atoms with E-state index in [0.717, 1.165) is 13.0 Å². The average molecular weight is 376 g/mol. The van der Waals surface area contributed by atoms with Crippen molar-refractivity contribution in [3.63, 3.8) is 0 Å². The molecule has 0 radical (unpaired) electrons. The maximum Gasteiger partial charge on any atom is 0.252 e. The van der Waals surface area contributed by atoms with Crippen LogP contribution in [0.5, 0.6) is 0 Å². The molecule has 6 nitrogen and oxygen atoms in total. The summed E-state index contributed by atoms with van der Waals surface area (Å²) in [5.41, 5.74) is 0.436. The third-order valence-corrected chi connectivity index (χ3v) is 5.01. The van der Waals surface area contributed by atoms with Crippen LogP contribution >= 0.6 is 11.6 Å². The van der Waals surface area contributed by atoms with E-state index in [0.29, 0.717) is 41.7 Å². The normalized spacial score (nSPS) is 18.0. The molecule has 1 aliphatic heterocycles. The molecule has 1 aromatic carbocycles. The first-order valence-corrected chi connectivity index (χ1v) is 9.27. The second-order valence-electron chi connectivity index (χ2n) is 6.59. The lowest BCUT2D eigenvalue weighted by atomic mass is 10.1. The van der Waals surface area contributed by atoms with Crippen molar-refractivity contribution in [1.82, 2.24) is 15.2 Å². The van der Waals surface area contributed by atoms with Crippen LogP contribution in [0, 0.1) is 0 Å². The molecule has 2 N–H and O–H groups in total. The zero-order valence-corrected chi connectivity index (χ0v) is 15.4. The number of rotatable bonds is 4. The van der Waals surface area contributed by atoms with E-state index in [4.69, 9.17) is 11.6 Å². The van der Waals surface area contributed by atoms with Crippen molar-refractivity contribution in [2.24, 2.45) is 0 Å². The fourth-order valence-electron chi connectivity index (χ4n) is 3.40. The number of hydrogen-bond donors (Lipinski definition) is 2. The van der Waals surface area contributed by atoms with Gasteiger partial charge in [-0.25, -0.2) is 0 Å². The third kappa shape index (κ3) is 3.90. The van der Waals surface area contributed by atoms with Crippen LogP contribution in [0.15, 0.2) is 29.1 Å². The number of carbonyl (C=O) groups excluding carboxylic acids is 2. The number of nitrogens with one attached hydrogen (secondary N) is 2. The number of H-pyrrole nitrogens is 1. The summed E-state index contributed by atoms with van der Waals surface area (Å²) in [5, 5.41) is 3.92. The second kappa shape index (κ2) is 7.91. The van der Waals surface area contributed by atoms with Gasteiger partial charge in [-0.3, -0.25) is 14.4 Å². The van der Waals surface area contributed by atoms with Gasteiger partial charge < -0.3 is 15.2 Å². The van der Waals surface area contributed by atoms with Gasteiger partial charge >= 0.3 is 0 Å². The molecule has 1 unspecified atom stereocenters. The molecule has 0 spiro atoms. The van der Waals surface area contributed by atoms with Crippen LogP contribution in [0.2, 0.25) is 5.02 Å². The van der Waals surface area contributed by atoms with Crippen molar-refractivity contribution >= 4 is 34.3 Å². The van der Waals surface area contributed by atoms with E-state index in [9.17, 15) is 14.4 Å². The summed E-state index contributed by atoms with van der Waals surface area (Å²) in [7, 11) is 0. The number of amides is 2. The number of fused-ring (bicyclic) bond motifs is 1. The highest BCUT2D eigenvalue weighted by Crippen LogP contribution is 2.24. The van der Waals surface area contributed by atoms with Crippen molar-refractivity contribution in [3.8, 4) is 0 Å². The number of carbonyl (C=O) groups is 2. The molecule has 2 amide bonds. The van der Waals surface area contributed by atoms with Crippen molar-refractivity contribution in [2.45, 2.75) is 38.6 Å². The van der Waals surface area contributed by atoms with Crippen molar-refractivity contribution in [2.75, 3.05) is 13.1 Å². The van der Waals surface area contributed by atoms with Gasteiger partial charge in [0.05, 0.1) is 16.1 Å². The van der Waals surface area contributed by atoms with Gasteiger partial charge in [-0.05, 0) is 31.4 Å². The minimum atomic E-state index is -0.352. The first-order chi connectivity index (χ1) is 12.5. The fourth-order valence-corrected chi connectivity index (χ4v) is 3.68. The van der Waals surface area contributed by atoms with E-state index in [1.807, 2.05) is 11.8 Å². The highest BCUT2D eigenvalue weighted by Gasteiger charge is 2.24. The molecule has 2 aromatic rings. The zero-order chi connectivity index (χ0) is 18.7. The molecular formula is C19H22ClN3O3. The minimum absolute atomic E-state index is 0.106. The molecule has 0 aliphatic carbocycles. The summed E-state index contributed by atoms with van der Waals surface area (Å²) in [6.45, 7) is 3.42. The summed E-state index contributed by atoms with van der Waals surface area (Å²) in [6.07, 6.45) is 2.63. The maximum absolute atomic E-state index is 12.8. The Morgan fingerprint density at radius 1 is 1.35 bits per heavy atom. The Morgan fingerprint density at radius 2 is 2.15 bits per heavy atom. The molecule has 2 heterocycles. The van der Waals surface area contributed by atoms with Crippen LogP contribution in [0.25, 0.3) is 10.9 Å². The standard InChI is InChI=1S/C19H22ClN3O3/c1-2-9-23-10-8-12(6-7-17(23)25)21-19(26)13-11-16(24)22-15-5-3-4-14(20)18(13)15/h3-5,11-12H,2,6-10H2,1H3,(H,21,26)(H,22,24). The number of aromatic amines is 1. The molecule has 138 valence electrons. The van der Waals surface area contributed by atoms with Crippen LogP contribution in [-0.2, 0) is 4.79 Å². The van der Waals surface area contributed by atoms with Gasteiger partial charge in [0.2, 0.25) is 11.5 Å². The van der Waals surface area contributed by atoms with Gasteiger partial charge in [0.1, 0.15) is 0 Å². The van der Waals surface area contributed by atoms with Crippen LogP contribution < -0.4 is 10.9 Å². The minimum Gasteiger partial charge on any atom is -0.349 e. The Hall–Kier alpha value is -2.34. The SMILES string of the molecule is CCCN1CCC(NC(=O)c2cc(=O)[nH]c3cccc(Cl)c23)CCC1=O. The van der Waals surface area contributed by atoms with E-state index in [1.54, 1.807) is 18.2 Å². The van der Waals surface area contributed by atoms with Crippen LogP contribution in [-0.4, -0.2) is 40.8 Å². The maximum atomic E-state index is 12.8. The molecule has 1 saturated heterocycles. The van der Waals surface area contributed by atoms with Gasteiger partial charge in [0.25, 0.3) is 5.91 Å². The topological polar surface area (TPSA) is 82.3 Å². The molecule has 7 heteroatoms. The Morgan fingerprint density at radius 3 is 2.92 bits per heavy atom. The van der Waals surface area contributed by atoms with Crippen molar-refractivity contribution in [3.05, 3.63) is 45.2 Å². The lowest BCUT2D eigenvalue weighted by Crippen LogP contribution is -2.36. The first-order valence-electron chi connectivity index (χ1n) is 8.89. The molecular weight excluding hydrogens is 354 g/mol. The number of likely N-dealkylation sites (tertiary alicyclic amines) is 1. The van der Waals surface area contributed by atoms with Gasteiger partial charge in [-0.1, -0.05) is 24.6 Å². The number of aromatic nitrogens is 1. The Bertz CT molecular complexity index is 893. The van der Waals surface area contributed by atoms with Gasteiger partial charge in [-0.2, -0.15) is 0 Å². The van der Waals surface area contributed by atoms with E-state index >= 15 is 0 Å². The molecule has 1 atom stereocenters. The number of hydrogen-bond acceptors (Lipinski definition) is 3.